The molecule has 0 aliphatic carbocycles. The normalized spacial score (nSPS) is 13.7. The molecule has 0 unspecified atom stereocenters. The van der Waals surface area contributed by atoms with Crippen molar-refractivity contribution in [2.45, 2.75) is 6.42 Å². The number of aromatic amines is 1. The van der Waals surface area contributed by atoms with Gasteiger partial charge in [-0.15, -0.1) is 0 Å². The number of amides is 1. The first kappa shape index (κ1) is 16.9. The third kappa shape index (κ3) is 3.26. The highest BCUT2D eigenvalue weighted by atomic mass is 35.5. The fourth-order valence-electron chi connectivity index (χ4n) is 2.99. The number of halogens is 2. The van der Waals surface area contributed by atoms with E-state index in [2.05, 4.69) is 15.3 Å². The van der Waals surface area contributed by atoms with E-state index in [1.807, 2.05) is 36.4 Å². The summed E-state index contributed by atoms with van der Waals surface area (Å²) < 4.78 is 0. The van der Waals surface area contributed by atoms with E-state index in [4.69, 9.17) is 23.2 Å². The molecule has 1 aliphatic rings. The summed E-state index contributed by atoms with van der Waals surface area (Å²) in [4.78, 5) is 19.7. The molecule has 0 radical (unpaired) electrons. The van der Waals surface area contributed by atoms with E-state index >= 15 is 0 Å². The molecular formula is C20H15Cl2N3O. The number of nitrogens with one attached hydrogen (secondary N) is 2. The summed E-state index contributed by atoms with van der Waals surface area (Å²) in [6.07, 6.45) is 6.27. The Balaban J connectivity index is 1.65. The number of rotatable bonds is 3. The van der Waals surface area contributed by atoms with Gasteiger partial charge < -0.3 is 10.3 Å². The lowest BCUT2D eigenvalue weighted by Crippen LogP contribution is -2.31. The lowest BCUT2D eigenvalue weighted by atomic mass is 10.1. The number of carbonyl (C=O) groups is 1. The Morgan fingerprint density at radius 3 is 2.65 bits per heavy atom. The quantitative estimate of drug-likeness (QED) is 0.679. The second-order valence-corrected chi connectivity index (χ2v) is 6.83. The minimum Gasteiger partial charge on any atom is -0.358 e. The summed E-state index contributed by atoms with van der Waals surface area (Å²) in [7, 11) is 0. The van der Waals surface area contributed by atoms with Gasteiger partial charge in [0.2, 0.25) is 0 Å². The zero-order valence-corrected chi connectivity index (χ0v) is 15.2. The number of hydrogen-bond acceptors (Lipinski definition) is 2. The molecule has 130 valence electrons. The largest absolute Gasteiger partial charge is 0.358 e. The van der Waals surface area contributed by atoms with Crippen molar-refractivity contribution in [3.8, 4) is 11.3 Å². The molecule has 6 heteroatoms. The monoisotopic (exact) mass is 383 g/mol. The van der Waals surface area contributed by atoms with Crippen LogP contribution in [0.3, 0.4) is 0 Å². The molecule has 0 atom stereocenters. The second kappa shape index (κ2) is 6.98. The van der Waals surface area contributed by atoms with Crippen LogP contribution in [0.25, 0.3) is 23.4 Å². The Hall–Kier alpha value is -2.56. The fourth-order valence-corrected chi connectivity index (χ4v) is 3.52. The molecule has 2 aromatic heterocycles. The van der Waals surface area contributed by atoms with Crippen LogP contribution in [0.5, 0.6) is 0 Å². The van der Waals surface area contributed by atoms with Crippen LogP contribution >= 0.6 is 23.2 Å². The standard InChI is InChI=1S/C20H15Cl2N3O/c21-16-2-1-3-17(22)14(16)5-4-13-10-12(6-8-23-13)19-11-15-18(25-19)7-9-24-20(15)26/h1-6,8,10-11,25H,7,9H2,(H,24,26)/b5-4+. The van der Waals surface area contributed by atoms with Crippen LogP contribution in [-0.2, 0) is 6.42 Å². The summed E-state index contributed by atoms with van der Waals surface area (Å²) in [5.74, 6) is -0.0312. The molecule has 0 bridgehead atoms. The Labute approximate surface area is 160 Å². The molecule has 3 aromatic rings. The molecule has 3 heterocycles. The van der Waals surface area contributed by atoms with Crippen molar-refractivity contribution in [2.24, 2.45) is 0 Å². The topological polar surface area (TPSA) is 57.8 Å². The highest BCUT2D eigenvalue weighted by Crippen LogP contribution is 2.27. The van der Waals surface area contributed by atoms with E-state index in [-0.39, 0.29) is 5.91 Å². The predicted molar refractivity (Wildman–Crippen MR) is 105 cm³/mol. The van der Waals surface area contributed by atoms with E-state index in [0.29, 0.717) is 22.2 Å². The smallest absolute Gasteiger partial charge is 0.253 e. The number of fused-ring (bicyclic) bond motifs is 1. The molecule has 4 rings (SSSR count). The van der Waals surface area contributed by atoms with Crippen LogP contribution in [0.15, 0.2) is 42.6 Å². The SMILES string of the molecule is O=C1NCCc2[nH]c(-c3ccnc(/C=C/c4c(Cl)cccc4Cl)c3)cc21. The molecule has 0 saturated heterocycles. The van der Waals surface area contributed by atoms with Crippen molar-refractivity contribution >= 4 is 41.3 Å². The highest BCUT2D eigenvalue weighted by Gasteiger charge is 2.19. The Morgan fingerprint density at radius 1 is 1.08 bits per heavy atom. The number of aromatic nitrogens is 2. The summed E-state index contributed by atoms with van der Waals surface area (Å²) in [6, 6.07) is 11.2. The molecular weight excluding hydrogens is 369 g/mol. The molecule has 26 heavy (non-hydrogen) atoms. The number of hydrogen-bond donors (Lipinski definition) is 2. The maximum Gasteiger partial charge on any atom is 0.253 e. The van der Waals surface area contributed by atoms with Crippen molar-refractivity contribution in [1.82, 2.24) is 15.3 Å². The second-order valence-electron chi connectivity index (χ2n) is 6.02. The van der Waals surface area contributed by atoms with E-state index < -0.39 is 0 Å². The van der Waals surface area contributed by atoms with Crippen LogP contribution in [0.2, 0.25) is 10.0 Å². The number of nitrogens with zero attached hydrogens (tertiary/aromatic N) is 1. The zero-order valence-electron chi connectivity index (χ0n) is 13.7. The van der Waals surface area contributed by atoms with Gasteiger partial charge in [0.05, 0.1) is 11.3 Å². The number of H-pyrrole nitrogens is 1. The molecule has 0 fully saturated rings. The summed E-state index contributed by atoms with van der Waals surface area (Å²) in [5.41, 5.74) is 5.08. The number of pyridine rings is 1. The molecule has 0 spiro atoms. The summed E-state index contributed by atoms with van der Waals surface area (Å²) in [5, 5.41) is 4.04. The Kier molecular flexibility index (Phi) is 4.53. The Morgan fingerprint density at radius 2 is 1.88 bits per heavy atom. The lowest BCUT2D eigenvalue weighted by Gasteiger charge is -2.10. The van der Waals surface area contributed by atoms with Crippen LogP contribution in [0.1, 0.15) is 27.3 Å². The van der Waals surface area contributed by atoms with Gasteiger partial charge in [-0.2, -0.15) is 0 Å². The van der Waals surface area contributed by atoms with E-state index in [0.717, 1.165) is 34.6 Å². The van der Waals surface area contributed by atoms with Crippen molar-refractivity contribution in [3.05, 3.63) is 75.2 Å². The van der Waals surface area contributed by atoms with Crippen molar-refractivity contribution in [3.63, 3.8) is 0 Å². The van der Waals surface area contributed by atoms with Gasteiger partial charge in [-0.3, -0.25) is 9.78 Å². The van der Waals surface area contributed by atoms with E-state index in [1.54, 1.807) is 18.3 Å². The van der Waals surface area contributed by atoms with Gasteiger partial charge in [-0.1, -0.05) is 29.3 Å². The van der Waals surface area contributed by atoms with Crippen molar-refractivity contribution < 1.29 is 4.79 Å². The van der Waals surface area contributed by atoms with Crippen molar-refractivity contribution in [2.75, 3.05) is 6.54 Å². The third-order valence-electron chi connectivity index (χ3n) is 4.32. The average molecular weight is 384 g/mol. The minimum absolute atomic E-state index is 0.0312. The van der Waals surface area contributed by atoms with Gasteiger partial charge in [0.15, 0.2) is 0 Å². The van der Waals surface area contributed by atoms with Gasteiger partial charge >= 0.3 is 0 Å². The van der Waals surface area contributed by atoms with Gasteiger partial charge in [-0.05, 0) is 42.5 Å². The first-order chi connectivity index (χ1) is 12.6. The zero-order chi connectivity index (χ0) is 18.1. The van der Waals surface area contributed by atoms with Crippen LogP contribution in [0.4, 0.5) is 0 Å². The summed E-state index contributed by atoms with van der Waals surface area (Å²) >= 11 is 12.4. The molecule has 1 aliphatic heterocycles. The van der Waals surface area contributed by atoms with Crippen LogP contribution < -0.4 is 5.32 Å². The average Bonchev–Trinajstić information content (AvgIpc) is 3.07. The molecule has 1 aromatic carbocycles. The van der Waals surface area contributed by atoms with E-state index in [9.17, 15) is 4.79 Å². The van der Waals surface area contributed by atoms with Crippen LogP contribution in [0, 0.1) is 0 Å². The fraction of sp³-hybridized carbons (Fsp3) is 0.100. The van der Waals surface area contributed by atoms with Crippen molar-refractivity contribution in [1.29, 1.82) is 0 Å². The third-order valence-corrected chi connectivity index (χ3v) is 4.98. The van der Waals surface area contributed by atoms with E-state index in [1.165, 1.54) is 0 Å². The van der Waals surface area contributed by atoms with Gasteiger partial charge in [0.25, 0.3) is 5.91 Å². The van der Waals surface area contributed by atoms with Gasteiger partial charge in [0, 0.05) is 51.7 Å². The Bertz CT molecular complexity index is 1000. The molecule has 4 nitrogen and oxygen atoms in total. The van der Waals surface area contributed by atoms with Gasteiger partial charge in [-0.25, -0.2) is 0 Å². The predicted octanol–water partition coefficient (Wildman–Crippen LogP) is 4.84. The molecule has 2 N–H and O–H groups in total. The first-order valence-electron chi connectivity index (χ1n) is 8.20. The molecule has 1 amide bonds. The first-order valence-corrected chi connectivity index (χ1v) is 8.96. The summed E-state index contributed by atoms with van der Waals surface area (Å²) in [6.45, 7) is 0.661. The number of benzene rings is 1. The van der Waals surface area contributed by atoms with Gasteiger partial charge in [0.1, 0.15) is 0 Å². The lowest BCUT2D eigenvalue weighted by molar-refractivity contribution is 0.0946. The maximum atomic E-state index is 11.9. The maximum absolute atomic E-state index is 11.9. The number of carbonyl (C=O) groups excluding carboxylic acids is 1. The molecule has 0 saturated carbocycles. The highest BCUT2D eigenvalue weighted by molar-refractivity contribution is 6.37. The van der Waals surface area contributed by atoms with Crippen LogP contribution in [-0.4, -0.2) is 22.4 Å². The minimum atomic E-state index is -0.0312.